The zero-order chi connectivity index (χ0) is 30.9. The van der Waals surface area contributed by atoms with Gasteiger partial charge in [0.05, 0.1) is 23.6 Å². The van der Waals surface area contributed by atoms with Gasteiger partial charge in [-0.15, -0.1) is 10.2 Å². The number of amides is 1. The smallest absolute Gasteiger partial charge is 0.381 e. The Balaban J connectivity index is 1.26. The minimum Gasteiger partial charge on any atom is -0.381 e. The van der Waals surface area contributed by atoms with Crippen molar-refractivity contribution < 1.29 is 22.7 Å². The molecule has 3 saturated carbocycles. The molecule has 1 N–H and O–H groups in total. The first-order chi connectivity index (χ1) is 21.0. The van der Waals surface area contributed by atoms with Crippen LogP contribution in [0.2, 0.25) is 0 Å². The summed E-state index contributed by atoms with van der Waals surface area (Å²) in [4.78, 5) is 15.4. The number of methoxy groups -OCH3 is 1. The lowest BCUT2D eigenvalue weighted by Crippen LogP contribution is -2.48. The van der Waals surface area contributed by atoms with Gasteiger partial charge in [0, 0.05) is 30.9 Å². The number of fused-ring (bicyclic) bond motifs is 1. The molecule has 4 aliphatic rings. The third kappa shape index (κ3) is 4.85. The molecule has 0 bridgehead atoms. The van der Waals surface area contributed by atoms with Crippen molar-refractivity contribution in [2.75, 3.05) is 18.6 Å². The number of aryl methyl sites for hydroxylation is 1. The van der Waals surface area contributed by atoms with Crippen LogP contribution in [0.4, 0.5) is 18.9 Å². The molecule has 7 rings (SSSR count). The molecule has 0 spiro atoms. The van der Waals surface area contributed by atoms with Crippen LogP contribution < -0.4 is 10.2 Å². The van der Waals surface area contributed by atoms with Crippen LogP contribution in [0.5, 0.6) is 0 Å². The van der Waals surface area contributed by atoms with Crippen LogP contribution in [-0.2, 0) is 36.3 Å². The normalized spacial score (nSPS) is 24.5. The largest absolute Gasteiger partial charge is 0.417 e. The number of alkyl halides is 3. The summed E-state index contributed by atoms with van der Waals surface area (Å²) in [6.45, 7) is 2.49. The fourth-order valence-corrected chi connectivity index (χ4v) is 7.78. The minimum atomic E-state index is -4.56. The maximum atomic E-state index is 14.7. The zero-order valence-corrected chi connectivity index (χ0v) is 25.6. The Morgan fingerprint density at radius 2 is 1.89 bits per heavy atom. The van der Waals surface area contributed by atoms with Crippen LogP contribution in [0.25, 0.3) is 0 Å². The van der Waals surface area contributed by atoms with E-state index in [4.69, 9.17) is 4.74 Å². The van der Waals surface area contributed by atoms with E-state index in [2.05, 4.69) is 28.5 Å². The lowest BCUT2D eigenvalue weighted by molar-refractivity contribution is -0.138. The monoisotopic (exact) mass is 607 g/mol. The van der Waals surface area contributed by atoms with E-state index < -0.39 is 17.2 Å². The van der Waals surface area contributed by atoms with E-state index in [9.17, 15) is 18.0 Å². The van der Waals surface area contributed by atoms with Gasteiger partial charge in [0.2, 0.25) is 0 Å². The predicted molar refractivity (Wildman–Crippen MR) is 161 cm³/mol. The summed E-state index contributed by atoms with van der Waals surface area (Å²) in [6, 6.07) is 9.33. The van der Waals surface area contributed by atoms with Gasteiger partial charge in [-0.1, -0.05) is 18.6 Å². The standard InChI is InChI=1S/C34H40F3N5O2/c1-32(11-5-12-32)38-13-10-22-8-9-27-28(29(22)34(35,36)37)19-42(30(27)43)25-15-23(21-6-4-7-21)14-24(16-25)33(17-26(18-33)44-3)31-40-39-20-41(31)2/h8-9,14-16,20-21,26,38H,4-7,10-13,17-19H2,1-3H3. The molecule has 2 aromatic carbocycles. The summed E-state index contributed by atoms with van der Waals surface area (Å²) in [5.74, 6) is 0.808. The number of nitrogens with one attached hydrogen (secondary N) is 1. The molecule has 0 unspecified atom stereocenters. The highest BCUT2D eigenvalue weighted by Crippen LogP contribution is 2.52. The number of ether oxygens (including phenoxy) is 1. The topological polar surface area (TPSA) is 72.3 Å². The van der Waals surface area contributed by atoms with Crippen LogP contribution >= 0.6 is 0 Å². The summed E-state index contributed by atoms with van der Waals surface area (Å²) in [5, 5.41) is 12.1. The molecule has 234 valence electrons. The quantitative estimate of drug-likeness (QED) is 0.304. The van der Waals surface area contributed by atoms with Gasteiger partial charge in [0.25, 0.3) is 5.91 Å². The van der Waals surface area contributed by atoms with E-state index in [0.29, 0.717) is 31.0 Å². The molecule has 0 atom stereocenters. The van der Waals surface area contributed by atoms with Gasteiger partial charge < -0.3 is 19.5 Å². The SMILES string of the molecule is COC1CC(c2cc(C3CCC3)cc(N3Cc4c(ccc(CCNC5(C)CCC5)c4C(F)(F)F)C3=O)c2)(c2nncn2C)C1. The molecular formula is C34H40F3N5O2. The lowest BCUT2D eigenvalue weighted by Gasteiger charge is -2.47. The second-order valence-corrected chi connectivity index (χ2v) is 13.7. The Morgan fingerprint density at radius 1 is 1.11 bits per heavy atom. The van der Waals surface area contributed by atoms with E-state index in [-0.39, 0.29) is 47.2 Å². The van der Waals surface area contributed by atoms with Crippen molar-refractivity contribution in [3.8, 4) is 0 Å². The Kier molecular flexibility index (Phi) is 7.16. The van der Waals surface area contributed by atoms with Gasteiger partial charge in [-0.05, 0) is 111 Å². The van der Waals surface area contributed by atoms with Crippen LogP contribution in [0.3, 0.4) is 0 Å². The average Bonchev–Trinajstić information content (AvgIpc) is 3.48. The van der Waals surface area contributed by atoms with Crippen LogP contribution in [0, 0.1) is 0 Å². The molecule has 10 heteroatoms. The summed E-state index contributed by atoms with van der Waals surface area (Å²) < 4.78 is 51.7. The van der Waals surface area contributed by atoms with E-state index in [1.54, 1.807) is 24.4 Å². The van der Waals surface area contributed by atoms with Gasteiger partial charge in [0.1, 0.15) is 12.2 Å². The maximum absolute atomic E-state index is 14.7. The van der Waals surface area contributed by atoms with Gasteiger partial charge in [0.15, 0.2) is 0 Å². The molecule has 0 radical (unpaired) electrons. The van der Waals surface area contributed by atoms with Gasteiger partial charge in [-0.25, -0.2) is 0 Å². The van der Waals surface area contributed by atoms with Crippen LogP contribution in [-0.4, -0.2) is 46.0 Å². The Labute approximate surface area is 256 Å². The maximum Gasteiger partial charge on any atom is 0.417 e. The van der Waals surface area contributed by atoms with Gasteiger partial charge in [-0.2, -0.15) is 13.2 Å². The van der Waals surface area contributed by atoms with Crippen LogP contribution in [0.15, 0.2) is 36.7 Å². The molecule has 3 fully saturated rings. The Bertz CT molecular complexity index is 1580. The van der Waals surface area contributed by atoms with Crippen LogP contribution in [0.1, 0.15) is 108 Å². The lowest BCUT2D eigenvalue weighted by atomic mass is 9.61. The second kappa shape index (κ2) is 10.7. The van der Waals surface area contributed by atoms with Gasteiger partial charge in [-0.3, -0.25) is 4.79 Å². The third-order valence-electron chi connectivity index (χ3n) is 10.9. The molecule has 7 nitrogen and oxygen atoms in total. The fourth-order valence-electron chi connectivity index (χ4n) is 7.78. The summed E-state index contributed by atoms with van der Waals surface area (Å²) in [7, 11) is 3.63. The van der Waals surface area contributed by atoms with E-state index in [1.165, 1.54) is 6.07 Å². The van der Waals surface area contributed by atoms with Crippen molar-refractivity contribution in [1.82, 2.24) is 20.1 Å². The Hall–Kier alpha value is -3.24. The zero-order valence-electron chi connectivity index (χ0n) is 25.6. The number of hydrogen-bond donors (Lipinski definition) is 1. The minimum absolute atomic E-state index is 0.0110. The molecule has 3 aliphatic carbocycles. The molecule has 44 heavy (non-hydrogen) atoms. The third-order valence-corrected chi connectivity index (χ3v) is 10.9. The first kappa shape index (κ1) is 29.5. The van der Waals surface area contributed by atoms with Crippen molar-refractivity contribution in [1.29, 1.82) is 0 Å². The highest BCUT2D eigenvalue weighted by Gasteiger charge is 2.51. The first-order valence-electron chi connectivity index (χ1n) is 15.8. The number of nitrogens with zero attached hydrogens (tertiary/aromatic N) is 4. The average molecular weight is 608 g/mol. The molecule has 0 saturated heterocycles. The molecule has 3 aromatic rings. The number of benzene rings is 2. The summed E-state index contributed by atoms with van der Waals surface area (Å²) in [6.07, 6.45) is 5.36. The second-order valence-electron chi connectivity index (χ2n) is 13.7. The molecule has 1 aliphatic heterocycles. The number of anilines is 1. The fraction of sp³-hybridized carbons (Fsp3) is 0.559. The first-order valence-corrected chi connectivity index (χ1v) is 15.8. The number of carbonyl (C=O) groups is 1. The van der Waals surface area contributed by atoms with Crippen molar-refractivity contribution in [3.05, 3.63) is 75.9 Å². The number of rotatable bonds is 9. The van der Waals surface area contributed by atoms with Crippen molar-refractivity contribution in [2.45, 2.75) is 100 Å². The highest BCUT2D eigenvalue weighted by atomic mass is 19.4. The number of carbonyl (C=O) groups excluding carboxylic acids is 1. The number of hydrogen-bond acceptors (Lipinski definition) is 5. The highest BCUT2D eigenvalue weighted by molar-refractivity contribution is 6.10. The number of halogens is 3. The molecular weight excluding hydrogens is 567 g/mol. The van der Waals surface area contributed by atoms with E-state index in [1.807, 2.05) is 23.7 Å². The molecule has 1 aromatic heterocycles. The molecule has 1 amide bonds. The van der Waals surface area contributed by atoms with E-state index >= 15 is 0 Å². The van der Waals surface area contributed by atoms with Crippen molar-refractivity contribution >= 4 is 11.6 Å². The number of aromatic nitrogens is 3. The Morgan fingerprint density at radius 3 is 2.48 bits per heavy atom. The summed E-state index contributed by atoms with van der Waals surface area (Å²) in [5.41, 5.74) is 2.15. The predicted octanol–water partition coefficient (Wildman–Crippen LogP) is 6.43. The molecule has 2 heterocycles. The van der Waals surface area contributed by atoms with Crippen molar-refractivity contribution in [3.63, 3.8) is 0 Å². The van der Waals surface area contributed by atoms with Crippen molar-refractivity contribution in [2.24, 2.45) is 7.05 Å². The van der Waals surface area contributed by atoms with E-state index in [0.717, 1.165) is 55.5 Å². The summed E-state index contributed by atoms with van der Waals surface area (Å²) >= 11 is 0. The van der Waals surface area contributed by atoms with Gasteiger partial charge >= 0.3 is 6.18 Å².